The number of nitrogens with one attached hydrogen (secondary N) is 2. The van der Waals surface area contributed by atoms with Crippen molar-refractivity contribution in [1.29, 1.82) is 0 Å². The van der Waals surface area contributed by atoms with E-state index in [1.54, 1.807) is 0 Å². The largest absolute Gasteiger partial charge is 0.376 e. The molecule has 26 heavy (non-hydrogen) atoms. The van der Waals surface area contributed by atoms with E-state index in [1.165, 1.54) is 19.3 Å². The molecule has 3 fully saturated rings. The van der Waals surface area contributed by atoms with E-state index in [2.05, 4.69) is 10.6 Å². The Morgan fingerprint density at radius 2 is 2.04 bits per heavy atom. The molecule has 2 amide bonds. The van der Waals surface area contributed by atoms with Gasteiger partial charge in [0.2, 0.25) is 5.91 Å². The van der Waals surface area contributed by atoms with Gasteiger partial charge in [0.05, 0.1) is 6.10 Å². The van der Waals surface area contributed by atoms with E-state index in [4.69, 9.17) is 4.74 Å². The quantitative estimate of drug-likeness (QED) is 0.823. The van der Waals surface area contributed by atoms with Gasteiger partial charge >= 0.3 is 0 Å². The molecule has 5 nitrogen and oxygen atoms in total. The van der Waals surface area contributed by atoms with Gasteiger partial charge < -0.3 is 15.4 Å². The fraction of sp³-hybridized carbons (Fsp3) is 0.619. The van der Waals surface area contributed by atoms with Crippen LogP contribution in [0.2, 0.25) is 0 Å². The van der Waals surface area contributed by atoms with Crippen LogP contribution >= 0.6 is 0 Å². The molecule has 1 saturated heterocycles. The minimum atomic E-state index is -0.0817. The number of rotatable bonds is 6. The SMILES string of the molecule is O=C(NC[C@H]1CCCO1)c1cccc(CNC(=O)[C@@H]2C[C@H]3CC[C@H]2C3)c1. The Balaban J connectivity index is 1.28. The summed E-state index contributed by atoms with van der Waals surface area (Å²) in [5.74, 6) is 1.67. The highest BCUT2D eigenvalue weighted by molar-refractivity contribution is 5.94. The number of benzene rings is 1. The Hall–Kier alpha value is -1.88. The molecule has 4 rings (SSSR count). The highest BCUT2D eigenvalue weighted by Gasteiger charge is 2.42. The maximum atomic E-state index is 12.5. The molecule has 1 aromatic rings. The topological polar surface area (TPSA) is 67.4 Å². The number of hydrogen-bond donors (Lipinski definition) is 2. The summed E-state index contributed by atoms with van der Waals surface area (Å²) in [5, 5.41) is 6.02. The van der Waals surface area contributed by atoms with Crippen LogP contribution in [0.25, 0.3) is 0 Å². The van der Waals surface area contributed by atoms with E-state index < -0.39 is 0 Å². The summed E-state index contributed by atoms with van der Waals surface area (Å²) < 4.78 is 5.54. The molecule has 0 aromatic heterocycles. The Morgan fingerprint density at radius 3 is 2.77 bits per heavy atom. The van der Waals surface area contributed by atoms with Crippen molar-refractivity contribution < 1.29 is 14.3 Å². The molecule has 0 unspecified atom stereocenters. The first-order valence-corrected chi connectivity index (χ1v) is 9.95. The van der Waals surface area contributed by atoms with Crippen molar-refractivity contribution in [1.82, 2.24) is 10.6 Å². The minimum absolute atomic E-state index is 0.0817. The van der Waals surface area contributed by atoms with Gasteiger partial charge in [0.25, 0.3) is 5.91 Å². The van der Waals surface area contributed by atoms with Crippen molar-refractivity contribution in [3.05, 3.63) is 35.4 Å². The summed E-state index contributed by atoms with van der Waals surface area (Å²) in [5.41, 5.74) is 1.60. The lowest BCUT2D eigenvalue weighted by molar-refractivity contribution is -0.126. The number of carbonyl (C=O) groups excluding carboxylic acids is 2. The van der Waals surface area contributed by atoms with E-state index in [0.29, 0.717) is 24.6 Å². The first kappa shape index (κ1) is 17.5. The fourth-order valence-corrected chi connectivity index (χ4v) is 4.82. The smallest absolute Gasteiger partial charge is 0.251 e. The summed E-state index contributed by atoms with van der Waals surface area (Å²) >= 11 is 0. The number of carbonyl (C=O) groups is 2. The first-order chi connectivity index (χ1) is 12.7. The van der Waals surface area contributed by atoms with E-state index in [-0.39, 0.29) is 23.8 Å². The van der Waals surface area contributed by atoms with Crippen molar-refractivity contribution in [3.8, 4) is 0 Å². The molecule has 5 heteroatoms. The molecular formula is C21H28N2O3. The number of amides is 2. The predicted molar refractivity (Wildman–Crippen MR) is 98.5 cm³/mol. The van der Waals surface area contributed by atoms with Gasteiger partial charge in [-0.15, -0.1) is 0 Å². The number of hydrogen-bond acceptors (Lipinski definition) is 3. The summed E-state index contributed by atoms with van der Waals surface area (Å²) in [6.07, 6.45) is 7.03. The summed E-state index contributed by atoms with van der Waals surface area (Å²) in [6, 6.07) is 7.51. The van der Waals surface area contributed by atoms with Crippen LogP contribution in [-0.2, 0) is 16.1 Å². The lowest BCUT2D eigenvalue weighted by Crippen LogP contribution is -2.33. The van der Waals surface area contributed by atoms with Gasteiger partial charge in [-0.3, -0.25) is 9.59 Å². The van der Waals surface area contributed by atoms with Crippen molar-refractivity contribution >= 4 is 11.8 Å². The van der Waals surface area contributed by atoms with E-state index in [9.17, 15) is 9.59 Å². The molecule has 1 aromatic carbocycles. The molecule has 140 valence electrons. The molecule has 3 aliphatic rings. The van der Waals surface area contributed by atoms with E-state index in [1.807, 2.05) is 24.3 Å². The maximum Gasteiger partial charge on any atom is 0.251 e. The predicted octanol–water partition coefficient (Wildman–Crippen LogP) is 2.65. The van der Waals surface area contributed by atoms with E-state index >= 15 is 0 Å². The van der Waals surface area contributed by atoms with Gasteiger partial charge in [0.1, 0.15) is 0 Å². The van der Waals surface area contributed by atoms with Crippen LogP contribution in [0.3, 0.4) is 0 Å². The monoisotopic (exact) mass is 356 g/mol. The molecule has 1 aliphatic heterocycles. The molecule has 2 aliphatic carbocycles. The first-order valence-electron chi connectivity index (χ1n) is 9.95. The Labute approximate surface area is 154 Å². The normalized spacial score (nSPS) is 29.7. The highest BCUT2D eigenvalue weighted by atomic mass is 16.5. The van der Waals surface area contributed by atoms with Crippen LogP contribution in [0.4, 0.5) is 0 Å². The third-order valence-corrected chi connectivity index (χ3v) is 6.25. The van der Waals surface area contributed by atoms with Crippen LogP contribution in [0.1, 0.15) is 54.4 Å². The van der Waals surface area contributed by atoms with Gasteiger partial charge in [-0.1, -0.05) is 18.6 Å². The van der Waals surface area contributed by atoms with Gasteiger partial charge in [-0.05, 0) is 61.6 Å². The Morgan fingerprint density at radius 1 is 1.12 bits per heavy atom. The molecule has 0 spiro atoms. The third kappa shape index (κ3) is 3.93. The van der Waals surface area contributed by atoms with Gasteiger partial charge in [0.15, 0.2) is 0 Å². The Kier molecular flexibility index (Phi) is 5.25. The number of ether oxygens (including phenoxy) is 1. The van der Waals surface area contributed by atoms with Crippen molar-refractivity contribution in [2.75, 3.05) is 13.2 Å². The van der Waals surface area contributed by atoms with Crippen LogP contribution in [-0.4, -0.2) is 31.1 Å². The molecule has 2 bridgehead atoms. The average molecular weight is 356 g/mol. The highest BCUT2D eigenvalue weighted by Crippen LogP contribution is 2.48. The van der Waals surface area contributed by atoms with Crippen LogP contribution in [0.15, 0.2) is 24.3 Å². The second kappa shape index (κ2) is 7.78. The molecular weight excluding hydrogens is 328 g/mol. The average Bonchev–Trinajstić information content (AvgIpc) is 3.42. The molecule has 2 saturated carbocycles. The summed E-state index contributed by atoms with van der Waals surface area (Å²) in [6.45, 7) is 1.84. The van der Waals surface area contributed by atoms with Crippen LogP contribution in [0, 0.1) is 17.8 Å². The lowest BCUT2D eigenvalue weighted by atomic mass is 9.88. The standard InChI is InChI=1S/C21H28N2O3/c24-20(23-13-18-5-2-8-26-18)17-4-1-3-15(10-17)12-22-21(25)19-11-14-6-7-16(19)9-14/h1,3-4,10,14,16,18-19H,2,5-9,11-13H2,(H,22,25)(H,23,24)/t14-,16-,18+,19+/m0/s1. The fourth-order valence-electron chi connectivity index (χ4n) is 4.82. The zero-order chi connectivity index (χ0) is 17.9. The Bertz CT molecular complexity index is 669. The summed E-state index contributed by atoms with van der Waals surface area (Å²) in [7, 11) is 0. The zero-order valence-corrected chi connectivity index (χ0v) is 15.2. The minimum Gasteiger partial charge on any atom is -0.376 e. The maximum absolute atomic E-state index is 12.5. The van der Waals surface area contributed by atoms with Crippen molar-refractivity contribution in [3.63, 3.8) is 0 Å². The van der Waals surface area contributed by atoms with Gasteiger partial charge in [0, 0.05) is 31.2 Å². The molecule has 2 N–H and O–H groups in total. The summed E-state index contributed by atoms with van der Waals surface area (Å²) in [4.78, 5) is 24.8. The van der Waals surface area contributed by atoms with E-state index in [0.717, 1.165) is 37.4 Å². The van der Waals surface area contributed by atoms with Crippen molar-refractivity contribution in [2.24, 2.45) is 17.8 Å². The molecule has 1 heterocycles. The lowest BCUT2D eigenvalue weighted by Gasteiger charge is -2.20. The zero-order valence-electron chi connectivity index (χ0n) is 15.2. The second-order valence-corrected chi connectivity index (χ2v) is 8.04. The second-order valence-electron chi connectivity index (χ2n) is 8.04. The molecule has 4 atom stereocenters. The van der Waals surface area contributed by atoms with Crippen LogP contribution in [0.5, 0.6) is 0 Å². The van der Waals surface area contributed by atoms with Gasteiger partial charge in [-0.2, -0.15) is 0 Å². The van der Waals surface area contributed by atoms with Crippen molar-refractivity contribution in [2.45, 2.75) is 51.2 Å². The molecule has 0 radical (unpaired) electrons. The van der Waals surface area contributed by atoms with Gasteiger partial charge in [-0.25, -0.2) is 0 Å². The third-order valence-electron chi connectivity index (χ3n) is 6.25. The van der Waals surface area contributed by atoms with Crippen LogP contribution < -0.4 is 10.6 Å². The number of fused-ring (bicyclic) bond motifs is 2.